The molecule has 5 nitrogen and oxygen atoms in total. The third kappa shape index (κ3) is 6.29. The topological polar surface area (TPSA) is 72.5 Å². The smallest absolute Gasteiger partial charge is 0.455 e. The Morgan fingerprint density at radius 1 is 1.14 bits per heavy atom. The van der Waals surface area contributed by atoms with Crippen LogP contribution in [0, 0.1) is 10.7 Å². The normalized spacial score (nSPS) is 17.4. The van der Waals surface area contributed by atoms with Gasteiger partial charge in [0.15, 0.2) is 0 Å². The Bertz CT molecular complexity index is 840. The van der Waals surface area contributed by atoms with Crippen molar-refractivity contribution in [3.63, 3.8) is 0 Å². The summed E-state index contributed by atoms with van der Waals surface area (Å²) in [5.74, 6) is -0.540. The lowest BCUT2D eigenvalue weighted by Crippen LogP contribution is -2.43. The largest absolute Gasteiger partial charge is 0.511 e. The molecule has 2 rings (SSSR count). The number of alkyl halides is 3. The number of ether oxygens (including phenoxy) is 1. The molecule has 0 unspecified atom stereocenters. The molecule has 1 N–H and O–H groups in total. The van der Waals surface area contributed by atoms with Crippen LogP contribution in [0.2, 0.25) is 0 Å². The van der Waals surface area contributed by atoms with Gasteiger partial charge >= 0.3 is 21.5 Å². The van der Waals surface area contributed by atoms with Crippen molar-refractivity contribution in [2.75, 3.05) is 6.54 Å². The van der Waals surface area contributed by atoms with E-state index >= 15 is 0 Å². The maximum absolute atomic E-state index is 12.8. The zero-order valence-corrected chi connectivity index (χ0v) is 21.7. The van der Waals surface area contributed by atoms with Gasteiger partial charge in [0.05, 0.1) is 5.56 Å². The van der Waals surface area contributed by atoms with Crippen LogP contribution in [0.25, 0.3) is 0 Å². The van der Waals surface area contributed by atoms with E-state index in [-0.39, 0.29) is 6.42 Å². The molecular formula is C16H17F3I3NO4S. The van der Waals surface area contributed by atoms with Crippen LogP contribution in [0.3, 0.4) is 0 Å². The van der Waals surface area contributed by atoms with Crippen LogP contribution in [0.1, 0.15) is 48.9 Å². The zero-order valence-electron chi connectivity index (χ0n) is 14.4. The number of benzene rings is 1. The minimum atomic E-state index is -5.42. The van der Waals surface area contributed by atoms with Crippen LogP contribution in [0.5, 0.6) is 0 Å². The van der Waals surface area contributed by atoms with E-state index < -0.39 is 33.6 Å². The highest BCUT2D eigenvalue weighted by Crippen LogP contribution is 2.36. The maximum atomic E-state index is 12.8. The molecule has 1 aromatic carbocycles. The number of carbonyl (C=O) groups is 1. The molecule has 0 radical (unpaired) electrons. The van der Waals surface area contributed by atoms with Crippen LogP contribution in [0.4, 0.5) is 13.2 Å². The Hall–Kier alpha value is 0.580. The van der Waals surface area contributed by atoms with E-state index in [2.05, 4.69) is 67.8 Å². The first-order valence-electron chi connectivity index (χ1n) is 8.31. The summed E-state index contributed by atoms with van der Waals surface area (Å²) in [5, 5.41) is 0. The number of esters is 1. The molecule has 28 heavy (non-hydrogen) atoms. The molecule has 0 saturated heterocycles. The molecule has 1 aliphatic rings. The Kier molecular flexibility index (Phi) is 8.70. The second-order valence-corrected chi connectivity index (χ2v) is 11.7. The Balaban J connectivity index is 2.16. The summed E-state index contributed by atoms with van der Waals surface area (Å²) in [5.41, 5.74) is -5.94. The maximum Gasteiger partial charge on any atom is 0.511 e. The van der Waals surface area contributed by atoms with Crippen molar-refractivity contribution in [1.82, 2.24) is 4.72 Å². The molecule has 0 bridgehead atoms. The summed E-state index contributed by atoms with van der Waals surface area (Å²) in [6.45, 7) is -0.448. The van der Waals surface area contributed by atoms with Gasteiger partial charge in [-0.3, -0.25) is 0 Å². The number of rotatable bonds is 6. The van der Waals surface area contributed by atoms with Crippen molar-refractivity contribution in [2.24, 2.45) is 0 Å². The van der Waals surface area contributed by atoms with Crippen molar-refractivity contribution in [2.45, 2.75) is 49.6 Å². The van der Waals surface area contributed by atoms with E-state index in [9.17, 15) is 26.4 Å². The second-order valence-electron chi connectivity index (χ2n) is 6.48. The van der Waals surface area contributed by atoms with Crippen molar-refractivity contribution in [3.8, 4) is 0 Å². The van der Waals surface area contributed by atoms with Gasteiger partial charge in [0.25, 0.3) is 0 Å². The van der Waals surface area contributed by atoms with E-state index in [1.807, 2.05) is 6.07 Å². The fraction of sp³-hybridized carbons (Fsp3) is 0.562. The van der Waals surface area contributed by atoms with Gasteiger partial charge in [-0.25, -0.2) is 17.9 Å². The van der Waals surface area contributed by atoms with Crippen LogP contribution in [-0.2, 0) is 14.8 Å². The van der Waals surface area contributed by atoms with Gasteiger partial charge in [-0.05, 0) is 106 Å². The first kappa shape index (κ1) is 24.8. The first-order chi connectivity index (χ1) is 12.9. The predicted octanol–water partition coefficient (Wildman–Crippen LogP) is 5.19. The van der Waals surface area contributed by atoms with Gasteiger partial charge in [-0.15, -0.1) is 0 Å². The summed E-state index contributed by atoms with van der Waals surface area (Å²) in [6.07, 6.45) is 3.44. The van der Waals surface area contributed by atoms with Crippen LogP contribution >= 0.6 is 67.8 Å². The summed E-state index contributed by atoms with van der Waals surface area (Å²) >= 11 is 6.27. The standard InChI is InChI=1S/C16H17F3I3NO4S/c17-16(18,19)28(25,26)23-7-6-15(4-2-1-3-5-15)27-14(24)11-8-10(20)9-12(21)13(11)22/h8-9,23H,1-7H2. The quantitative estimate of drug-likeness (QED) is 0.247. The molecule has 0 amide bonds. The zero-order chi connectivity index (χ0) is 21.2. The second kappa shape index (κ2) is 9.80. The van der Waals surface area contributed by atoms with Crippen molar-refractivity contribution >= 4 is 83.8 Å². The van der Waals surface area contributed by atoms with Crippen LogP contribution < -0.4 is 4.72 Å². The van der Waals surface area contributed by atoms with E-state index in [4.69, 9.17) is 4.74 Å². The van der Waals surface area contributed by atoms with Crippen LogP contribution in [-0.4, -0.2) is 32.0 Å². The molecule has 0 aromatic heterocycles. The van der Waals surface area contributed by atoms with Gasteiger partial charge in [-0.1, -0.05) is 6.42 Å². The number of halogens is 6. The number of nitrogens with one attached hydrogen (secondary N) is 1. The van der Waals surface area contributed by atoms with Gasteiger partial charge in [0, 0.05) is 23.7 Å². The lowest BCUT2D eigenvalue weighted by Gasteiger charge is -2.37. The highest BCUT2D eigenvalue weighted by atomic mass is 127. The first-order valence-corrected chi connectivity index (χ1v) is 13.0. The molecule has 1 aliphatic carbocycles. The molecule has 0 spiro atoms. The lowest BCUT2D eigenvalue weighted by molar-refractivity contribution is -0.0478. The monoisotopic (exact) mass is 757 g/mol. The van der Waals surface area contributed by atoms with E-state index in [0.717, 1.165) is 30.0 Å². The third-order valence-corrected chi connectivity index (χ3v) is 9.33. The van der Waals surface area contributed by atoms with Crippen LogP contribution in [0.15, 0.2) is 12.1 Å². The molecule has 12 heteroatoms. The lowest BCUT2D eigenvalue weighted by atomic mass is 9.82. The third-order valence-electron chi connectivity index (χ3n) is 4.46. The van der Waals surface area contributed by atoms with Gasteiger partial charge in [0.2, 0.25) is 0 Å². The molecule has 0 heterocycles. The SMILES string of the molecule is O=C(OC1(CCNS(=O)(=O)C(F)(F)F)CCCCC1)c1cc(I)cc(I)c1I. The summed E-state index contributed by atoms with van der Waals surface area (Å²) in [6, 6.07) is 3.62. The molecule has 1 fully saturated rings. The average Bonchev–Trinajstić information content (AvgIpc) is 2.57. The van der Waals surface area contributed by atoms with Gasteiger partial charge in [-0.2, -0.15) is 13.2 Å². The molecule has 0 aliphatic heterocycles. The Labute approximate surface area is 202 Å². The molecule has 158 valence electrons. The number of hydrogen-bond donors (Lipinski definition) is 1. The minimum absolute atomic E-state index is 0.00829. The highest BCUT2D eigenvalue weighted by Gasteiger charge is 2.46. The highest BCUT2D eigenvalue weighted by molar-refractivity contribution is 14.1. The minimum Gasteiger partial charge on any atom is -0.455 e. The van der Waals surface area contributed by atoms with E-state index in [1.54, 1.807) is 10.8 Å². The summed E-state index contributed by atoms with van der Waals surface area (Å²) in [7, 11) is -5.42. The Morgan fingerprint density at radius 3 is 2.32 bits per heavy atom. The fourth-order valence-electron chi connectivity index (χ4n) is 3.05. The molecule has 1 saturated carbocycles. The average molecular weight is 757 g/mol. The van der Waals surface area contributed by atoms with Crippen molar-refractivity contribution < 1.29 is 31.1 Å². The van der Waals surface area contributed by atoms with Gasteiger partial charge < -0.3 is 4.74 Å². The molecule has 0 atom stereocenters. The predicted molar refractivity (Wildman–Crippen MR) is 123 cm³/mol. The van der Waals surface area contributed by atoms with Crippen molar-refractivity contribution in [1.29, 1.82) is 0 Å². The summed E-state index contributed by atoms with van der Waals surface area (Å²) in [4.78, 5) is 12.8. The molecular weight excluding hydrogens is 740 g/mol. The number of hydrogen-bond acceptors (Lipinski definition) is 4. The van der Waals surface area contributed by atoms with E-state index in [1.165, 1.54) is 0 Å². The number of carbonyl (C=O) groups excluding carboxylic acids is 1. The van der Waals surface area contributed by atoms with Crippen molar-refractivity contribution in [3.05, 3.63) is 28.4 Å². The Morgan fingerprint density at radius 2 is 1.75 bits per heavy atom. The number of sulfonamides is 1. The van der Waals surface area contributed by atoms with Gasteiger partial charge in [0.1, 0.15) is 5.60 Å². The summed E-state index contributed by atoms with van der Waals surface area (Å²) < 4.78 is 69.8. The molecule has 1 aromatic rings. The van der Waals surface area contributed by atoms with E-state index in [0.29, 0.717) is 18.4 Å². The fourth-order valence-corrected chi connectivity index (χ4v) is 5.96.